The number of nitrogens with one attached hydrogen (secondary N) is 1. The second-order valence-corrected chi connectivity index (χ2v) is 8.99. The summed E-state index contributed by atoms with van der Waals surface area (Å²) in [6.07, 6.45) is 7.35. The molecule has 0 spiro atoms. The number of aromatic amines is 1. The zero-order chi connectivity index (χ0) is 22.6. The fourth-order valence-corrected chi connectivity index (χ4v) is 4.74. The lowest BCUT2D eigenvalue weighted by atomic mass is 9.85. The van der Waals surface area contributed by atoms with Gasteiger partial charge in [0.05, 0.1) is 5.69 Å². The zero-order valence-electron chi connectivity index (χ0n) is 17.8. The number of carboxylic acid groups (broad SMARTS) is 1. The largest absolute Gasteiger partial charge is 0.481 e. The van der Waals surface area contributed by atoms with E-state index in [-0.39, 0.29) is 18.4 Å². The number of H-pyrrole nitrogens is 1. The van der Waals surface area contributed by atoms with Crippen LogP contribution in [0.25, 0.3) is 34.0 Å². The van der Waals surface area contributed by atoms with Gasteiger partial charge in [0.25, 0.3) is 0 Å². The first kappa shape index (κ1) is 21.3. The van der Waals surface area contributed by atoms with Gasteiger partial charge in [-0.05, 0) is 61.2 Å². The summed E-state index contributed by atoms with van der Waals surface area (Å²) in [5.74, 6) is 1.54. The third-order valence-electron chi connectivity index (χ3n) is 5.89. The SMILES string of the molecule is O=C(O)C[C@H]1CC[C@H](Oc2ccc(-c3ccc(-c4nnc(-c5ccsc5)[nH]4)cn3)cn2)CC1. The van der Waals surface area contributed by atoms with Crippen LogP contribution in [0.2, 0.25) is 0 Å². The summed E-state index contributed by atoms with van der Waals surface area (Å²) in [5.41, 5.74) is 3.59. The van der Waals surface area contributed by atoms with Crippen LogP contribution in [-0.4, -0.2) is 42.3 Å². The Kier molecular flexibility index (Phi) is 6.12. The minimum atomic E-state index is -0.720. The predicted molar refractivity (Wildman–Crippen MR) is 125 cm³/mol. The molecular formula is C24H23N5O3S. The molecule has 5 rings (SSSR count). The van der Waals surface area contributed by atoms with Crippen molar-refractivity contribution in [2.75, 3.05) is 0 Å². The summed E-state index contributed by atoms with van der Waals surface area (Å²) >= 11 is 1.62. The number of pyridine rings is 2. The average Bonchev–Trinajstić information content (AvgIpc) is 3.53. The van der Waals surface area contributed by atoms with E-state index in [1.54, 1.807) is 23.7 Å². The Balaban J connectivity index is 1.20. The Morgan fingerprint density at radius 1 is 0.970 bits per heavy atom. The van der Waals surface area contributed by atoms with E-state index in [0.717, 1.165) is 53.9 Å². The quantitative estimate of drug-likeness (QED) is 0.395. The molecule has 4 aromatic rings. The second-order valence-electron chi connectivity index (χ2n) is 8.21. The molecular weight excluding hydrogens is 438 g/mol. The van der Waals surface area contributed by atoms with E-state index in [1.165, 1.54) is 0 Å². The molecule has 168 valence electrons. The van der Waals surface area contributed by atoms with Gasteiger partial charge in [0.15, 0.2) is 11.6 Å². The molecule has 0 amide bonds. The van der Waals surface area contributed by atoms with Crippen LogP contribution in [0.1, 0.15) is 32.1 Å². The van der Waals surface area contributed by atoms with E-state index in [1.807, 2.05) is 41.1 Å². The lowest BCUT2D eigenvalue weighted by Crippen LogP contribution is -2.25. The molecule has 9 heteroatoms. The number of carbonyl (C=O) groups is 1. The molecule has 8 nitrogen and oxygen atoms in total. The Morgan fingerprint density at radius 2 is 1.73 bits per heavy atom. The van der Waals surface area contributed by atoms with Gasteiger partial charge >= 0.3 is 5.97 Å². The highest BCUT2D eigenvalue weighted by Gasteiger charge is 2.24. The van der Waals surface area contributed by atoms with Crippen LogP contribution >= 0.6 is 11.3 Å². The molecule has 0 bridgehead atoms. The van der Waals surface area contributed by atoms with Crippen molar-refractivity contribution in [1.29, 1.82) is 0 Å². The number of aromatic nitrogens is 5. The third kappa shape index (κ3) is 5.09. The van der Waals surface area contributed by atoms with E-state index >= 15 is 0 Å². The molecule has 0 radical (unpaired) electrons. The van der Waals surface area contributed by atoms with Crippen LogP contribution in [0, 0.1) is 5.92 Å². The maximum absolute atomic E-state index is 10.9. The second kappa shape index (κ2) is 9.50. The van der Waals surface area contributed by atoms with Gasteiger partial charge in [-0.25, -0.2) is 4.98 Å². The van der Waals surface area contributed by atoms with Gasteiger partial charge in [0.2, 0.25) is 5.88 Å². The van der Waals surface area contributed by atoms with Gasteiger partial charge in [-0.15, -0.1) is 10.2 Å². The van der Waals surface area contributed by atoms with Crippen LogP contribution < -0.4 is 4.74 Å². The standard InChI is InChI=1S/C24H23N5O3S/c30-22(31)11-15-1-5-19(6-2-15)32-21-8-4-16(12-26-21)20-7-3-17(13-25-20)23-27-24(29-28-23)18-9-10-33-14-18/h3-4,7-10,12-15,19H,1-2,5-6,11H2,(H,30,31)(H,27,28,29)/t15-,19-. The first-order chi connectivity index (χ1) is 16.1. The number of hydrogen-bond acceptors (Lipinski definition) is 7. The molecule has 1 fully saturated rings. The molecule has 0 saturated heterocycles. The molecule has 0 aromatic carbocycles. The predicted octanol–water partition coefficient (Wildman–Crippen LogP) is 5.07. The van der Waals surface area contributed by atoms with E-state index < -0.39 is 5.97 Å². The van der Waals surface area contributed by atoms with Gasteiger partial charge in [-0.2, -0.15) is 11.3 Å². The number of ether oxygens (including phenoxy) is 1. The first-order valence-electron chi connectivity index (χ1n) is 10.9. The Hall–Kier alpha value is -3.59. The monoisotopic (exact) mass is 461 g/mol. The smallest absolute Gasteiger partial charge is 0.303 e. The summed E-state index contributed by atoms with van der Waals surface area (Å²) in [5, 5.41) is 21.4. The minimum Gasteiger partial charge on any atom is -0.481 e. The third-order valence-corrected chi connectivity index (χ3v) is 6.58. The van der Waals surface area contributed by atoms with Crippen LogP contribution in [0.4, 0.5) is 0 Å². The van der Waals surface area contributed by atoms with E-state index in [2.05, 4.69) is 25.1 Å². The Labute approximate surface area is 194 Å². The number of aliphatic carboxylic acids is 1. The zero-order valence-corrected chi connectivity index (χ0v) is 18.7. The van der Waals surface area contributed by atoms with Crippen LogP contribution in [0.15, 0.2) is 53.5 Å². The van der Waals surface area contributed by atoms with Crippen LogP contribution in [0.3, 0.4) is 0 Å². The van der Waals surface area contributed by atoms with E-state index in [0.29, 0.717) is 11.7 Å². The van der Waals surface area contributed by atoms with Crippen molar-refractivity contribution in [3.8, 4) is 39.9 Å². The summed E-state index contributed by atoms with van der Waals surface area (Å²) in [6, 6.07) is 9.70. The molecule has 4 heterocycles. The summed E-state index contributed by atoms with van der Waals surface area (Å²) < 4.78 is 6.01. The minimum absolute atomic E-state index is 0.0895. The average molecular weight is 462 g/mol. The summed E-state index contributed by atoms with van der Waals surface area (Å²) in [6.45, 7) is 0. The fourth-order valence-electron chi connectivity index (χ4n) is 4.10. The maximum atomic E-state index is 10.9. The van der Waals surface area contributed by atoms with Crippen molar-refractivity contribution in [2.45, 2.75) is 38.2 Å². The molecule has 1 aliphatic rings. The molecule has 0 atom stereocenters. The summed E-state index contributed by atoms with van der Waals surface area (Å²) in [7, 11) is 0. The molecule has 4 aromatic heterocycles. The normalized spacial score (nSPS) is 18.2. The highest BCUT2D eigenvalue weighted by Crippen LogP contribution is 2.30. The molecule has 1 saturated carbocycles. The number of rotatable bonds is 7. The van der Waals surface area contributed by atoms with Crippen molar-refractivity contribution >= 4 is 17.3 Å². The number of nitrogens with zero attached hydrogens (tertiary/aromatic N) is 4. The van der Waals surface area contributed by atoms with E-state index in [9.17, 15) is 4.79 Å². The van der Waals surface area contributed by atoms with Crippen molar-refractivity contribution in [2.24, 2.45) is 5.92 Å². The maximum Gasteiger partial charge on any atom is 0.303 e. The van der Waals surface area contributed by atoms with Crippen molar-refractivity contribution in [1.82, 2.24) is 25.1 Å². The van der Waals surface area contributed by atoms with Crippen LogP contribution in [-0.2, 0) is 4.79 Å². The van der Waals surface area contributed by atoms with Crippen molar-refractivity contribution in [3.05, 3.63) is 53.5 Å². The highest BCUT2D eigenvalue weighted by molar-refractivity contribution is 7.08. The molecule has 0 aliphatic heterocycles. The van der Waals surface area contributed by atoms with Crippen molar-refractivity contribution < 1.29 is 14.6 Å². The number of carboxylic acids is 1. The number of thiophene rings is 1. The van der Waals surface area contributed by atoms with Gasteiger partial charge < -0.3 is 14.8 Å². The van der Waals surface area contributed by atoms with Crippen LogP contribution in [0.5, 0.6) is 5.88 Å². The Morgan fingerprint density at radius 3 is 2.36 bits per heavy atom. The Bertz CT molecular complexity index is 1200. The number of hydrogen-bond donors (Lipinski definition) is 2. The lowest BCUT2D eigenvalue weighted by molar-refractivity contribution is -0.138. The molecule has 2 N–H and O–H groups in total. The van der Waals surface area contributed by atoms with Crippen molar-refractivity contribution in [3.63, 3.8) is 0 Å². The van der Waals surface area contributed by atoms with Gasteiger partial charge in [0, 0.05) is 47.0 Å². The molecule has 1 aliphatic carbocycles. The molecule has 33 heavy (non-hydrogen) atoms. The van der Waals surface area contributed by atoms with Gasteiger partial charge in [-0.3, -0.25) is 9.78 Å². The lowest BCUT2D eigenvalue weighted by Gasteiger charge is -2.27. The molecule has 0 unspecified atom stereocenters. The van der Waals surface area contributed by atoms with E-state index in [4.69, 9.17) is 9.84 Å². The van der Waals surface area contributed by atoms with Gasteiger partial charge in [-0.1, -0.05) is 0 Å². The fraction of sp³-hybridized carbons (Fsp3) is 0.292. The van der Waals surface area contributed by atoms with Gasteiger partial charge in [0.1, 0.15) is 6.10 Å². The summed E-state index contributed by atoms with van der Waals surface area (Å²) in [4.78, 5) is 23.1. The first-order valence-corrected chi connectivity index (χ1v) is 11.8. The highest BCUT2D eigenvalue weighted by atomic mass is 32.1. The topological polar surface area (TPSA) is 114 Å².